The fourth-order valence-corrected chi connectivity index (χ4v) is 3.61. The molecule has 2 aromatic carbocycles. The average molecular weight is 400 g/mol. The zero-order valence-corrected chi connectivity index (χ0v) is 17.0. The molecule has 7 nitrogen and oxygen atoms in total. The first kappa shape index (κ1) is 19.6. The third-order valence-corrected chi connectivity index (χ3v) is 5.19. The second-order valence-electron chi connectivity index (χ2n) is 7.08. The lowest BCUT2D eigenvalue weighted by atomic mass is 9.98. The second kappa shape index (κ2) is 8.73. The predicted molar refractivity (Wildman–Crippen MR) is 117 cm³/mol. The van der Waals surface area contributed by atoms with Crippen molar-refractivity contribution in [2.45, 2.75) is 32.9 Å². The highest BCUT2D eigenvalue weighted by molar-refractivity contribution is 5.80. The number of H-pyrrole nitrogens is 1. The van der Waals surface area contributed by atoms with E-state index in [1.165, 1.54) is 0 Å². The first-order valence-electron chi connectivity index (χ1n) is 10.0. The highest BCUT2D eigenvalue weighted by Gasteiger charge is 2.12. The van der Waals surface area contributed by atoms with Crippen LogP contribution in [0.2, 0.25) is 0 Å². The molecule has 0 aliphatic rings. The maximum atomic E-state index is 12.7. The van der Waals surface area contributed by atoms with E-state index in [4.69, 9.17) is 0 Å². The lowest BCUT2D eigenvalue weighted by Crippen LogP contribution is -2.25. The number of aryl methyl sites for hydroxylation is 2. The Morgan fingerprint density at radius 1 is 1.10 bits per heavy atom. The third-order valence-electron chi connectivity index (χ3n) is 5.19. The standard InChI is InChI=1S/C23H24N6O/c1-3-5-8-19-16-28(4-2)23(30)29(19)15-17-11-13-18(14-12-17)20-9-6-7-10-21(20)22-24-26-27-25-22/h3,6-7,9-14,16H,1,4-5,8,15H2,2H3,(H,24,25,26,27). The van der Waals surface area contributed by atoms with Gasteiger partial charge in [-0.3, -0.25) is 9.13 Å². The van der Waals surface area contributed by atoms with E-state index >= 15 is 0 Å². The summed E-state index contributed by atoms with van der Waals surface area (Å²) in [6, 6.07) is 16.2. The molecular weight excluding hydrogens is 376 g/mol. The molecule has 152 valence electrons. The van der Waals surface area contributed by atoms with Gasteiger partial charge in [0.15, 0.2) is 0 Å². The van der Waals surface area contributed by atoms with E-state index in [0.717, 1.165) is 40.8 Å². The number of hydrogen-bond donors (Lipinski definition) is 1. The highest BCUT2D eigenvalue weighted by atomic mass is 16.1. The Hall–Kier alpha value is -3.74. The van der Waals surface area contributed by atoms with Crippen molar-refractivity contribution < 1.29 is 0 Å². The van der Waals surface area contributed by atoms with Crippen LogP contribution in [0.15, 0.2) is 72.2 Å². The van der Waals surface area contributed by atoms with Gasteiger partial charge in [-0.15, -0.1) is 16.8 Å². The molecule has 0 fully saturated rings. The Balaban J connectivity index is 1.63. The molecule has 30 heavy (non-hydrogen) atoms. The van der Waals surface area contributed by atoms with Crippen molar-refractivity contribution in [2.24, 2.45) is 0 Å². The van der Waals surface area contributed by atoms with Crippen molar-refractivity contribution >= 4 is 0 Å². The predicted octanol–water partition coefficient (Wildman–Crippen LogP) is 3.68. The Bertz CT molecular complexity index is 1190. The van der Waals surface area contributed by atoms with E-state index in [9.17, 15) is 4.79 Å². The van der Waals surface area contributed by atoms with Crippen LogP contribution in [0.25, 0.3) is 22.5 Å². The van der Waals surface area contributed by atoms with Crippen LogP contribution < -0.4 is 5.69 Å². The van der Waals surface area contributed by atoms with E-state index in [1.807, 2.05) is 48.0 Å². The molecule has 0 bridgehead atoms. The minimum absolute atomic E-state index is 0.0306. The highest BCUT2D eigenvalue weighted by Crippen LogP contribution is 2.29. The van der Waals surface area contributed by atoms with Gasteiger partial charge in [0, 0.05) is 24.0 Å². The smallest absolute Gasteiger partial charge is 0.299 e. The van der Waals surface area contributed by atoms with Crippen molar-refractivity contribution in [1.29, 1.82) is 0 Å². The number of tetrazole rings is 1. The van der Waals surface area contributed by atoms with E-state index in [-0.39, 0.29) is 5.69 Å². The van der Waals surface area contributed by atoms with Crippen molar-refractivity contribution in [2.75, 3.05) is 0 Å². The molecule has 1 N–H and O–H groups in total. The summed E-state index contributed by atoms with van der Waals surface area (Å²) in [6.45, 7) is 6.99. The van der Waals surface area contributed by atoms with Crippen molar-refractivity contribution in [3.8, 4) is 22.5 Å². The minimum atomic E-state index is 0.0306. The normalized spacial score (nSPS) is 11.0. The Morgan fingerprint density at radius 3 is 2.53 bits per heavy atom. The van der Waals surface area contributed by atoms with Crippen molar-refractivity contribution in [3.05, 3.63) is 89.1 Å². The number of benzene rings is 2. The monoisotopic (exact) mass is 400 g/mol. The zero-order valence-electron chi connectivity index (χ0n) is 17.0. The summed E-state index contributed by atoms with van der Waals surface area (Å²) < 4.78 is 3.61. The van der Waals surface area contributed by atoms with Crippen LogP contribution in [-0.2, 0) is 19.5 Å². The molecule has 0 spiro atoms. The molecule has 2 heterocycles. The van der Waals surface area contributed by atoms with Crippen LogP contribution in [0.5, 0.6) is 0 Å². The molecule has 0 saturated carbocycles. The van der Waals surface area contributed by atoms with Crippen LogP contribution in [0.1, 0.15) is 24.6 Å². The number of aromatic amines is 1. The number of imidazole rings is 1. The van der Waals surface area contributed by atoms with Gasteiger partial charge in [0.1, 0.15) is 0 Å². The Morgan fingerprint density at radius 2 is 1.87 bits per heavy atom. The summed E-state index contributed by atoms with van der Waals surface area (Å²) in [7, 11) is 0. The number of aromatic nitrogens is 6. The fraction of sp³-hybridized carbons (Fsp3) is 0.217. The van der Waals surface area contributed by atoms with Crippen LogP contribution in [0, 0.1) is 0 Å². The Labute approximate surface area is 174 Å². The number of hydrogen-bond acceptors (Lipinski definition) is 4. The molecule has 0 amide bonds. The van der Waals surface area contributed by atoms with Gasteiger partial charge in [0.2, 0.25) is 5.82 Å². The molecule has 0 radical (unpaired) electrons. The number of allylic oxidation sites excluding steroid dienone is 1. The lowest BCUT2D eigenvalue weighted by Gasteiger charge is -2.10. The molecule has 4 aromatic rings. The second-order valence-corrected chi connectivity index (χ2v) is 7.08. The minimum Gasteiger partial charge on any atom is -0.299 e. The molecule has 4 rings (SSSR count). The SMILES string of the molecule is C=CCCc1cn(CC)c(=O)n1Cc1ccc(-c2ccccc2-c2nn[nH]n2)cc1. The third kappa shape index (κ3) is 3.87. The lowest BCUT2D eigenvalue weighted by molar-refractivity contribution is 0.656. The molecular formula is C23H24N6O. The van der Waals surface area contributed by atoms with E-state index in [2.05, 4.69) is 51.5 Å². The molecule has 7 heteroatoms. The topological polar surface area (TPSA) is 81.4 Å². The summed E-state index contributed by atoms with van der Waals surface area (Å²) in [4.78, 5) is 12.7. The van der Waals surface area contributed by atoms with Crippen LogP contribution >= 0.6 is 0 Å². The molecule has 0 unspecified atom stereocenters. The molecule has 0 aliphatic heterocycles. The van der Waals surface area contributed by atoms with Crippen molar-refractivity contribution in [3.63, 3.8) is 0 Å². The van der Waals surface area contributed by atoms with Gasteiger partial charge in [0.05, 0.1) is 6.54 Å². The van der Waals surface area contributed by atoms with Crippen LogP contribution in [0.4, 0.5) is 0 Å². The number of rotatable bonds is 8. The molecule has 0 atom stereocenters. The van der Waals surface area contributed by atoms with Gasteiger partial charge >= 0.3 is 5.69 Å². The molecule has 0 aliphatic carbocycles. The first-order chi connectivity index (χ1) is 14.7. The quantitative estimate of drug-likeness (QED) is 0.458. The van der Waals surface area contributed by atoms with Gasteiger partial charge in [-0.2, -0.15) is 5.21 Å². The molecule has 2 aromatic heterocycles. The van der Waals surface area contributed by atoms with Gasteiger partial charge in [0.25, 0.3) is 0 Å². The first-order valence-corrected chi connectivity index (χ1v) is 10.0. The number of nitrogens with one attached hydrogen (secondary N) is 1. The molecule has 0 saturated heterocycles. The van der Waals surface area contributed by atoms with E-state index in [1.54, 1.807) is 4.57 Å². The van der Waals surface area contributed by atoms with Crippen molar-refractivity contribution in [1.82, 2.24) is 29.8 Å². The van der Waals surface area contributed by atoms with E-state index in [0.29, 0.717) is 18.9 Å². The van der Waals surface area contributed by atoms with Gasteiger partial charge in [-0.25, -0.2) is 4.79 Å². The van der Waals surface area contributed by atoms with Gasteiger partial charge in [-0.05, 0) is 41.7 Å². The van der Waals surface area contributed by atoms with Gasteiger partial charge in [-0.1, -0.05) is 54.6 Å². The van der Waals surface area contributed by atoms with Gasteiger partial charge < -0.3 is 0 Å². The maximum absolute atomic E-state index is 12.7. The fourth-order valence-electron chi connectivity index (χ4n) is 3.61. The largest absolute Gasteiger partial charge is 0.328 e. The number of nitrogens with zero attached hydrogens (tertiary/aromatic N) is 5. The van der Waals surface area contributed by atoms with Crippen LogP contribution in [0.3, 0.4) is 0 Å². The Kier molecular flexibility index (Phi) is 5.70. The van der Waals surface area contributed by atoms with E-state index < -0.39 is 0 Å². The average Bonchev–Trinajstić information content (AvgIpc) is 3.42. The maximum Gasteiger partial charge on any atom is 0.328 e. The summed E-state index contributed by atoms with van der Waals surface area (Å²) in [5.74, 6) is 0.564. The summed E-state index contributed by atoms with van der Waals surface area (Å²) in [5, 5.41) is 14.4. The summed E-state index contributed by atoms with van der Waals surface area (Å²) in [6.07, 6.45) is 5.50. The zero-order chi connectivity index (χ0) is 20.9. The summed E-state index contributed by atoms with van der Waals surface area (Å²) in [5.41, 5.74) is 5.15. The summed E-state index contributed by atoms with van der Waals surface area (Å²) >= 11 is 0. The van der Waals surface area contributed by atoms with Crippen LogP contribution in [-0.4, -0.2) is 29.8 Å².